The topological polar surface area (TPSA) is 78.5 Å². The van der Waals surface area contributed by atoms with Crippen molar-refractivity contribution >= 4 is 38.9 Å². The van der Waals surface area contributed by atoms with Gasteiger partial charge in [-0.2, -0.15) is 13.2 Å². The lowest BCUT2D eigenvalue weighted by atomic mass is 9.98. The second-order valence-corrected chi connectivity index (χ2v) is 12.1. The third kappa shape index (κ3) is 7.38. The predicted octanol–water partition coefficient (Wildman–Crippen LogP) is 5.31. The fraction of sp³-hybridized carbons (Fsp3) is 0.480. The molecule has 37 heavy (non-hydrogen) atoms. The van der Waals surface area contributed by atoms with E-state index < -0.39 is 27.5 Å². The maximum absolute atomic E-state index is 14.1. The molecular weight excluding hydrogens is 550 g/mol. The van der Waals surface area contributed by atoms with E-state index in [2.05, 4.69) is 10.6 Å². The Morgan fingerprint density at radius 1 is 1.16 bits per heavy atom. The van der Waals surface area contributed by atoms with Gasteiger partial charge in [-0.25, -0.2) is 8.42 Å². The van der Waals surface area contributed by atoms with Gasteiger partial charge in [-0.1, -0.05) is 36.5 Å². The molecule has 204 valence electrons. The third-order valence-corrected chi connectivity index (χ3v) is 8.89. The Hall–Kier alpha value is -1.85. The number of sulfone groups is 1. The SMILES string of the molecule is CCS(=O)(=O)c1ccc(Cl)cc1CNC(=O)c1cc(Cl)c(CN2CCCC[C@@H]2CNC)c(C(F)(F)F)c1. The second-order valence-electron chi connectivity index (χ2n) is 9.00. The zero-order valence-electron chi connectivity index (χ0n) is 20.6. The minimum absolute atomic E-state index is 0.00159. The molecule has 1 saturated heterocycles. The van der Waals surface area contributed by atoms with Crippen molar-refractivity contribution in [1.29, 1.82) is 0 Å². The van der Waals surface area contributed by atoms with Gasteiger partial charge in [-0.15, -0.1) is 0 Å². The standard InChI is InChI=1S/C25H30Cl2F3N3O3S/c1-3-37(35,36)23-8-7-18(26)10-17(23)13-32-24(34)16-11-21(25(28,29)30)20(22(27)12-16)15-33-9-5-4-6-19(33)14-31-2/h7-8,10-12,19,31H,3-6,9,13-15H2,1-2H3,(H,32,34)/t19-/m1/s1. The van der Waals surface area contributed by atoms with Gasteiger partial charge in [0.25, 0.3) is 5.91 Å². The van der Waals surface area contributed by atoms with Crippen LogP contribution in [0.4, 0.5) is 13.2 Å². The van der Waals surface area contributed by atoms with Crippen LogP contribution in [0.3, 0.4) is 0 Å². The van der Waals surface area contributed by atoms with Crippen molar-refractivity contribution in [2.24, 2.45) is 0 Å². The molecule has 0 unspecified atom stereocenters. The maximum atomic E-state index is 14.1. The number of hydrogen-bond acceptors (Lipinski definition) is 5. The molecule has 2 N–H and O–H groups in total. The highest BCUT2D eigenvalue weighted by atomic mass is 35.5. The molecule has 12 heteroatoms. The number of benzene rings is 2. The van der Waals surface area contributed by atoms with Crippen molar-refractivity contribution < 1.29 is 26.4 Å². The van der Waals surface area contributed by atoms with E-state index in [0.29, 0.717) is 13.1 Å². The van der Waals surface area contributed by atoms with Gasteiger partial charge in [-0.05, 0) is 67.9 Å². The van der Waals surface area contributed by atoms with E-state index in [-0.39, 0.29) is 56.5 Å². The zero-order chi connectivity index (χ0) is 27.4. The summed E-state index contributed by atoms with van der Waals surface area (Å²) in [5, 5.41) is 5.71. The zero-order valence-corrected chi connectivity index (χ0v) is 22.9. The number of carbonyl (C=O) groups excluding carboxylic acids is 1. The Labute approximate surface area is 225 Å². The summed E-state index contributed by atoms with van der Waals surface area (Å²) in [6, 6.07) is 6.28. The van der Waals surface area contributed by atoms with Crippen LogP contribution in [-0.2, 0) is 29.1 Å². The molecule has 1 amide bonds. The van der Waals surface area contributed by atoms with Crippen molar-refractivity contribution in [3.8, 4) is 0 Å². The molecule has 2 aromatic carbocycles. The molecule has 1 aliphatic rings. The molecule has 6 nitrogen and oxygen atoms in total. The summed E-state index contributed by atoms with van der Waals surface area (Å²) in [6.07, 6.45) is -1.95. The first-order chi connectivity index (χ1) is 17.4. The summed E-state index contributed by atoms with van der Waals surface area (Å²) in [5.74, 6) is -0.974. The summed E-state index contributed by atoms with van der Waals surface area (Å²) < 4.78 is 67.1. The average Bonchev–Trinajstić information content (AvgIpc) is 2.84. The summed E-state index contributed by atoms with van der Waals surface area (Å²) in [5.41, 5.74) is -1.06. The Morgan fingerprint density at radius 2 is 1.89 bits per heavy atom. The van der Waals surface area contributed by atoms with Gasteiger partial charge in [0.1, 0.15) is 0 Å². The normalized spacial score (nSPS) is 17.1. The second kappa shape index (κ2) is 12.3. The van der Waals surface area contributed by atoms with E-state index in [4.69, 9.17) is 23.2 Å². The van der Waals surface area contributed by atoms with Gasteiger partial charge in [0.15, 0.2) is 9.84 Å². The number of carbonyl (C=O) groups is 1. The van der Waals surface area contributed by atoms with E-state index in [1.54, 1.807) is 7.05 Å². The van der Waals surface area contributed by atoms with Crippen LogP contribution in [0.15, 0.2) is 35.2 Å². The van der Waals surface area contributed by atoms with Crippen molar-refractivity contribution in [3.05, 3.63) is 62.6 Å². The number of likely N-dealkylation sites (tertiary alicyclic amines) is 1. The predicted molar refractivity (Wildman–Crippen MR) is 139 cm³/mol. The van der Waals surface area contributed by atoms with Crippen molar-refractivity contribution in [1.82, 2.24) is 15.5 Å². The van der Waals surface area contributed by atoms with Crippen molar-refractivity contribution in [3.63, 3.8) is 0 Å². The molecular formula is C25H30Cl2F3N3O3S. The van der Waals surface area contributed by atoms with Crippen molar-refractivity contribution in [2.75, 3.05) is 25.9 Å². The van der Waals surface area contributed by atoms with Gasteiger partial charge in [0.05, 0.1) is 16.2 Å². The first kappa shape index (κ1) is 29.7. The number of halogens is 5. The van der Waals surface area contributed by atoms with Gasteiger partial charge >= 0.3 is 6.18 Å². The smallest absolute Gasteiger partial charge is 0.348 e. The van der Waals surface area contributed by atoms with Gasteiger partial charge in [0.2, 0.25) is 0 Å². The fourth-order valence-corrected chi connectivity index (χ4v) is 6.13. The molecule has 1 aliphatic heterocycles. The first-order valence-electron chi connectivity index (χ1n) is 11.9. The molecule has 0 radical (unpaired) electrons. The molecule has 3 rings (SSSR count). The number of likely N-dealkylation sites (N-methyl/N-ethyl adjacent to an activating group) is 1. The Morgan fingerprint density at radius 3 is 2.54 bits per heavy atom. The average molecular weight is 581 g/mol. The quantitative estimate of drug-likeness (QED) is 0.421. The Kier molecular flexibility index (Phi) is 9.90. The molecule has 0 spiro atoms. The lowest BCUT2D eigenvalue weighted by Gasteiger charge is -2.36. The summed E-state index contributed by atoms with van der Waals surface area (Å²) >= 11 is 12.4. The third-order valence-electron chi connectivity index (χ3n) is 6.49. The maximum Gasteiger partial charge on any atom is 0.416 e. The van der Waals surface area contributed by atoms with Crippen molar-refractivity contribution in [2.45, 2.75) is 56.4 Å². The van der Waals surface area contributed by atoms with Crippen LogP contribution in [0.5, 0.6) is 0 Å². The van der Waals surface area contributed by atoms with Gasteiger partial charge in [-0.3, -0.25) is 9.69 Å². The Bertz CT molecular complexity index is 1240. The number of rotatable bonds is 9. The highest BCUT2D eigenvalue weighted by molar-refractivity contribution is 7.91. The molecule has 1 fully saturated rings. The number of hydrogen-bond donors (Lipinski definition) is 2. The lowest BCUT2D eigenvalue weighted by Crippen LogP contribution is -2.44. The number of amides is 1. The fourth-order valence-electron chi connectivity index (χ4n) is 4.54. The number of nitrogens with one attached hydrogen (secondary N) is 2. The highest BCUT2D eigenvalue weighted by Crippen LogP contribution is 2.37. The van der Waals surface area contributed by atoms with E-state index in [1.807, 2.05) is 4.90 Å². The highest BCUT2D eigenvalue weighted by Gasteiger charge is 2.36. The van der Waals surface area contributed by atoms with Crippen LogP contribution < -0.4 is 10.6 Å². The van der Waals surface area contributed by atoms with Gasteiger partial charge < -0.3 is 10.6 Å². The molecule has 1 heterocycles. The van der Waals surface area contributed by atoms with E-state index in [0.717, 1.165) is 25.3 Å². The minimum atomic E-state index is -4.72. The summed E-state index contributed by atoms with van der Waals surface area (Å²) in [7, 11) is -1.80. The molecule has 1 atom stereocenters. The Balaban J connectivity index is 1.89. The first-order valence-corrected chi connectivity index (χ1v) is 14.4. The number of piperidine rings is 1. The summed E-state index contributed by atoms with van der Waals surface area (Å²) in [6.45, 7) is 2.57. The lowest BCUT2D eigenvalue weighted by molar-refractivity contribution is -0.138. The van der Waals surface area contributed by atoms with Crippen LogP contribution in [0.2, 0.25) is 10.0 Å². The van der Waals surface area contributed by atoms with Crippen LogP contribution in [-0.4, -0.2) is 51.2 Å². The number of nitrogens with zero attached hydrogens (tertiary/aromatic N) is 1. The van der Waals surface area contributed by atoms with E-state index in [9.17, 15) is 26.4 Å². The summed E-state index contributed by atoms with van der Waals surface area (Å²) in [4.78, 5) is 14.9. The number of alkyl halides is 3. The molecule has 0 saturated carbocycles. The molecule has 0 aliphatic carbocycles. The molecule has 0 aromatic heterocycles. The molecule has 0 bridgehead atoms. The van der Waals surface area contributed by atoms with E-state index in [1.165, 1.54) is 31.2 Å². The van der Waals surface area contributed by atoms with Crippen LogP contribution in [0, 0.1) is 0 Å². The monoisotopic (exact) mass is 579 g/mol. The molecule has 2 aromatic rings. The van der Waals surface area contributed by atoms with E-state index >= 15 is 0 Å². The van der Waals surface area contributed by atoms with Crippen LogP contribution in [0.1, 0.15) is 53.2 Å². The van der Waals surface area contributed by atoms with Gasteiger partial charge in [0, 0.05) is 41.3 Å². The van der Waals surface area contributed by atoms with Crippen LogP contribution >= 0.6 is 23.2 Å². The minimum Gasteiger partial charge on any atom is -0.348 e. The largest absolute Gasteiger partial charge is 0.416 e. The van der Waals surface area contributed by atoms with Crippen LogP contribution in [0.25, 0.3) is 0 Å².